The van der Waals surface area contributed by atoms with E-state index in [4.69, 9.17) is 27.9 Å². The van der Waals surface area contributed by atoms with E-state index < -0.39 is 17.4 Å². The Balaban J connectivity index is 1.78. The normalized spacial score (nSPS) is 10.9. The molecule has 3 aromatic rings. The number of hydrogen-bond acceptors (Lipinski definition) is 5. The molecule has 2 aromatic carbocycles. The first-order valence-electron chi connectivity index (χ1n) is 8.11. The lowest BCUT2D eigenvalue weighted by Crippen LogP contribution is -2.24. The molecule has 7 nitrogen and oxygen atoms in total. The summed E-state index contributed by atoms with van der Waals surface area (Å²) < 4.78 is 18.1. The van der Waals surface area contributed by atoms with E-state index in [9.17, 15) is 14.0 Å². The fraction of sp³-hybridized carbons (Fsp3) is 0.0526. The third-order valence-corrected chi connectivity index (χ3v) is 4.30. The molecule has 10 heteroatoms. The van der Waals surface area contributed by atoms with Crippen molar-refractivity contribution in [3.8, 4) is 17.0 Å². The molecule has 1 aromatic heterocycles. The van der Waals surface area contributed by atoms with Crippen molar-refractivity contribution < 1.29 is 13.9 Å². The molecule has 1 heterocycles. The lowest BCUT2D eigenvalue weighted by atomic mass is 10.1. The Morgan fingerprint density at radius 1 is 1.21 bits per heavy atom. The van der Waals surface area contributed by atoms with Gasteiger partial charge < -0.3 is 9.72 Å². The van der Waals surface area contributed by atoms with Gasteiger partial charge in [-0.15, -0.1) is 0 Å². The molecule has 148 valence electrons. The number of hydrazone groups is 1. The summed E-state index contributed by atoms with van der Waals surface area (Å²) in [5, 5.41) is 4.40. The molecular formula is C19H13Cl2FN4O3. The zero-order chi connectivity index (χ0) is 21.0. The van der Waals surface area contributed by atoms with Gasteiger partial charge in [-0.1, -0.05) is 23.2 Å². The first-order valence-corrected chi connectivity index (χ1v) is 8.86. The number of carbonyl (C=O) groups excluding carboxylic acids is 1. The summed E-state index contributed by atoms with van der Waals surface area (Å²) in [4.78, 5) is 30.2. The molecule has 0 spiro atoms. The molecule has 0 saturated heterocycles. The topological polar surface area (TPSA) is 96.4 Å². The van der Waals surface area contributed by atoms with Crippen LogP contribution in [0.15, 0.2) is 52.4 Å². The van der Waals surface area contributed by atoms with E-state index in [2.05, 4.69) is 20.5 Å². The first-order chi connectivity index (χ1) is 13.9. The highest BCUT2D eigenvalue weighted by atomic mass is 35.5. The van der Waals surface area contributed by atoms with Crippen LogP contribution in [0.2, 0.25) is 10.0 Å². The summed E-state index contributed by atoms with van der Waals surface area (Å²) in [6.07, 6.45) is 1.33. The molecule has 0 aliphatic rings. The van der Waals surface area contributed by atoms with Gasteiger partial charge in [0.15, 0.2) is 5.75 Å². The van der Waals surface area contributed by atoms with Gasteiger partial charge in [-0.3, -0.25) is 4.79 Å². The second kappa shape index (κ2) is 8.85. The van der Waals surface area contributed by atoms with E-state index in [0.29, 0.717) is 16.9 Å². The number of H-pyrrole nitrogens is 1. The minimum Gasteiger partial charge on any atom is -0.494 e. The number of halogens is 3. The van der Waals surface area contributed by atoms with Crippen molar-refractivity contribution in [3.63, 3.8) is 0 Å². The zero-order valence-electron chi connectivity index (χ0n) is 14.9. The molecular weight excluding hydrogens is 422 g/mol. The van der Waals surface area contributed by atoms with Crippen LogP contribution in [0.25, 0.3) is 11.3 Å². The van der Waals surface area contributed by atoms with Crippen molar-refractivity contribution in [1.82, 2.24) is 15.4 Å². The van der Waals surface area contributed by atoms with Crippen molar-refractivity contribution in [3.05, 3.63) is 80.1 Å². The Hall–Kier alpha value is -3.23. The number of benzene rings is 2. The average molecular weight is 435 g/mol. The highest BCUT2D eigenvalue weighted by Crippen LogP contribution is 2.33. The number of nitrogens with zero attached hydrogens (tertiary/aromatic N) is 2. The lowest BCUT2D eigenvalue weighted by Gasteiger charge is -2.06. The highest BCUT2D eigenvalue weighted by Gasteiger charge is 2.11. The Bertz CT molecular complexity index is 1120. The van der Waals surface area contributed by atoms with Crippen LogP contribution in [0.1, 0.15) is 16.1 Å². The second-order valence-electron chi connectivity index (χ2n) is 5.71. The molecule has 0 bridgehead atoms. The van der Waals surface area contributed by atoms with Crippen molar-refractivity contribution in [2.24, 2.45) is 5.10 Å². The van der Waals surface area contributed by atoms with E-state index in [1.807, 2.05) is 0 Å². The second-order valence-corrected chi connectivity index (χ2v) is 6.52. The van der Waals surface area contributed by atoms with E-state index in [1.54, 1.807) is 12.1 Å². The fourth-order valence-electron chi connectivity index (χ4n) is 2.42. The smallest absolute Gasteiger partial charge is 0.346 e. The number of rotatable bonds is 5. The van der Waals surface area contributed by atoms with E-state index in [0.717, 1.165) is 0 Å². The number of hydrogen-bond donors (Lipinski definition) is 2. The third-order valence-electron chi connectivity index (χ3n) is 3.73. The average Bonchev–Trinajstić information content (AvgIpc) is 2.68. The molecule has 0 radical (unpaired) electrons. The van der Waals surface area contributed by atoms with Crippen LogP contribution in [0.5, 0.6) is 5.75 Å². The molecule has 0 saturated carbocycles. The van der Waals surface area contributed by atoms with Gasteiger partial charge in [0.2, 0.25) is 0 Å². The van der Waals surface area contributed by atoms with Crippen LogP contribution in [-0.2, 0) is 0 Å². The lowest BCUT2D eigenvalue weighted by molar-refractivity contribution is 0.0949. The van der Waals surface area contributed by atoms with Crippen LogP contribution in [0.3, 0.4) is 0 Å². The standard InChI is InChI=1S/C19H13Cl2FN4O3/c1-29-17-13(20)6-10(7-14(17)21)9-23-26-18(27)16-8-15(24-19(28)25-16)11-2-4-12(22)5-3-11/h2-9H,1H3,(H,26,27)(H,24,25,28)/b23-9+. The number of ether oxygens (including phenoxy) is 1. The van der Waals surface area contributed by atoms with Gasteiger partial charge in [-0.2, -0.15) is 10.1 Å². The number of methoxy groups -OCH3 is 1. The first kappa shape index (κ1) is 20.5. The number of aromatic nitrogens is 2. The SMILES string of the molecule is COc1c(Cl)cc(/C=N/NC(=O)c2cc(-c3ccc(F)cc3)nc(=O)[nH]2)cc1Cl. The molecule has 0 fully saturated rings. The third kappa shape index (κ3) is 4.98. The van der Waals surface area contributed by atoms with Gasteiger partial charge in [0.05, 0.1) is 29.1 Å². The highest BCUT2D eigenvalue weighted by molar-refractivity contribution is 6.37. The van der Waals surface area contributed by atoms with Gasteiger partial charge >= 0.3 is 5.69 Å². The molecule has 1 amide bonds. The zero-order valence-corrected chi connectivity index (χ0v) is 16.4. The summed E-state index contributed by atoms with van der Waals surface area (Å²) >= 11 is 12.1. The Morgan fingerprint density at radius 3 is 2.48 bits per heavy atom. The molecule has 29 heavy (non-hydrogen) atoms. The van der Waals surface area contributed by atoms with E-state index in [1.165, 1.54) is 43.7 Å². The van der Waals surface area contributed by atoms with Crippen molar-refractivity contribution in [1.29, 1.82) is 0 Å². The Kier molecular flexibility index (Phi) is 6.26. The summed E-state index contributed by atoms with van der Waals surface area (Å²) in [5.41, 5.74) is 2.72. The fourth-order valence-corrected chi connectivity index (χ4v) is 3.08. The van der Waals surface area contributed by atoms with Gasteiger partial charge in [-0.25, -0.2) is 14.6 Å². The van der Waals surface area contributed by atoms with E-state index >= 15 is 0 Å². The predicted molar refractivity (Wildman–Crippen MR) is 108 cm³/mol. The van der Waals surface area contributed by atoms with Crippen LogP contribution in [0, 0.1) is 5.82 Å². The largest absolute Gasteiger partial charge is 0.494 e. The maximum Gasteiger partial charge on any atom is 0.346 e. The number of aromatic amines is 1. The van der Waals surface area contributed by atoms with Crippen LogP contribution in [-0.4, -0.2) is 29.2 Å². The maximum absolute atomic E-state index is 13.1. The Labute approximate surface area is 174 Å². The van der Waals surface area contributed by atoms with Gasteiger partial charge in [0, 0.05) is 5.56 Å². The Morgan fingerprint density at radius 2 is 1.86 bits per heavy atom. The van der Waals surface area contributed by atoms with Gasteiger partial charge in [0.25, 0.3) is 5.91 Å². The quantitative estimate of drug-likeness (QED) is 0.472. The molecule has 0 aliphatic carbocycles. The van der Waals surface area contributed by atoms with Crippen molar-refractivity contribution >= 4 is 35.3 Å². The van der Waals surface area contributed by atoms with E-state index in [-0.39, 0.29) is 21.4 Å². The minimum absolute atomic E-state index is 0.0627. The summed E-state index contributed by atoms with van der Waals surface area (Å²) in [6, 6.07) is 9.84. The maximum atomic E-state index is 13.1. The number of carbonyl (C=O) groups is 1. The minimum atomic E-state index is -0.727. The van der Waals surface area contributed by atoms with Gasteiger partial charge in [-0.05, 0) is 48.0 Å². The van der Waals surface area contributed by atoms with Crippen LogP contribution >= 0.6 is 23.2 Å². The summed E-state index contributed by atoms with van der Waals surface area (Å²) in [7, 11) is 1.44. The molecule has 2 N–H and O–H groups in total. The summed E-state index contributed by atoms with van der Waals surface area (Å²) in [6.45, 7) is 0. The van der Waals surface area contributed by atoms with Crippen LogP contribution in [0.4, 0.5) is 4.39 Å². The van der Waals surface area contributed by atoms with Crippen LogP contribution < -0.4 is 15.9 Å². The molecule has 3 rings (SSSR count). The number of nitrogens with one attached hydrogen (secondary N) is 2. The van der Waals surface area contributed by atoms with Gasteiger partial charge in [0.1, 0.15) is 11.5 Å². The van der Waals surface area contributed by atoms with Crippen molar-refractivity contribution in [2.45, 2.75) is 0 Å². The number of amides is 1. The predicted octanol–water partition coefficient (Wildman–Crippen LogP) is 3.66. The molecule has 0 atom stereocenters. The monoisotopic (exact) mass is 434 g/mol. The molecule has 0 unspecified atom stereocenters. The molecule has 0 aliphatic heterocycles. The van der Waals surface area contributed by atoms with Crippen molar-refractivity contribution in [2.75, 3.05) is 7.11 Å². The summed E-state index contributed by atoms with van der Waals surface area (Å²) in [5.74, 6) is -0.767.